The van der Waals surface area contributed by atoms with Crippen LogP contribution >= 0.6 is 15.9 Å². The van der Waals surface area contributed by atoms with E-state index < -0.39 is 0 Å². The van der Waals surface area contributed by atoms with E-state index in [1.54, 1.807) is 0 Å². The van der Waals surface area contributed by atoms with Gasteiger partial charge in [0.2, 0.25) is 0 Å². The first-order chi connectivity index (χ1) is 5.25. The summed E-state index contributed by atoms with van der Waals surface area (Å²) < 4.78 is 1.18. The van der Waals surface area contributed by atoms with E-state index >= 15 is 0 Å². The molecule has 0 heterocycles. The highest BCUT2D eigenvalue weighted by molar-refractivity contribution is 9.10. The first-order valence-electron chi connectivity index (χ1n) is 3.60. The molecule has 0 saturated carbocycles. The minimum absolute atomic E-state index is 0.950. The van der Waals surface area contributed by atoms with Crippen molar-refractivity contribution in [1.29, 1.82) is 0 Å². The van der Waals surface area contributed by atoms with Crippen LogP contribution in [0.4, 0.5) is 0 Å². The van der Waals surface area contributed by atoms with Crippen molar-refractivity contribution in [3.05, 3.63) is 46.5 Å². The molecule has 0 N–H and O–H groups in total. The van der Waals surface area contributed by atoms with Crippen LogP contribution in [0.25, 0.3) is 0 Å². The van der Waals surface area contributed by atoms with Gasteiger partial charge in [0.15, 0.2) is 0 Å². The van der Waals surface area contributed by atoms with E-state index in [1.807, 2.05) is 6.08 Å². The van der Waals surface area contributed by atoms with Gasteiger partial charge in [0.05, 0.1) is 0 Å². The van der Waals surface area contributed by atoms with Gasteiger partial charge >= 0.3 is 0 Å². The van der Waals surface area contributed by atoms with Crippen molar-refractivity contribution in [2.24, 2.45) is 0 Å². The van der Waals surface area contributed by atoms with Gasteiger partial charge in [0, 0.05) is 4.47 Å². The monoisotopic (exact) mass is 210 g/mol. The molecule has 58 valence electrons. The number of hydrogen-bond donors (Lipinski definition) is 0. The molecule has 11 heavy (non-hydrogen) atoms. The number of halogens is 1. The van der Waals surface area contributed by atoms with Gasteiger partial charge < -0.3 is 0 Å². The third-order valence-corrected chi connectivity index (χ3v) is 2.60. The zero-order valence-electron chi connectivity index (χ0n) is 6.60. The van der Waals surface area contributed by atoms with Crippen molar-refractivity contribution >= 4 is 15.9 Å². The van der Waals surface area contributed by atoms with Gasteiger partial charge in [-0.05, 0) is 30.5 Å². The zero-order chi connectivity index (χ0) is 8.27. The molecule has 0 spiro atoms. The third-order valence-electron chi connectivity index (χ3n) is 1.74. The van der Waals surface area contributed by atoms with Crippen LogP contribution in [-0.4, -0.2) is 0 Å². The predicted molar refractivity (Wildman–Crippen MR) is 52.8 cm³/mol. The fraction of sp³-hybridized carbons (Fsp3) is 0.200. The molecule has 0 fully saturated rings. The normalized spacial score (nSPS) is 9.64. The molecule has 0 atom stereocenters. The van der Waals surface area contributed by atoms with Gasteiger partial charge in [-0.2, -0.15) is 0 Å². The summed E-state index contributed by atoms with van der Waals surface area (Å²) in [5.41, 5.74) is 2.65. The summed E-state index contributed by atoms with van der Waals surface area (Å²) in [5.74, 6) is 0. The minimum Gasteiger partial charge on any atom is -0.103 e. The van der Waals surface area contributed by atoms with Crippen LogP contribution in [0.5, 0.6) is 0 Å². The van der Waals surface area contributed by atoms with E-state index in [-0.39, 0.29) is 0 Å². The number of rotatable bonds is 2. The first-order valence-corrected chi connectivity index (χ1v) is 4.40. The van der Waals surface area contributed by atoms with Crippen LogP contribution < -0.4 is 0 Å². The first kappa shape index (κ1) is 8.54. The average Bonchev–Trinajstić information content (AvgIpc) is 1.99. The molecule has 0 aliphatic heterocycles. The molecule has 1 aromatic rings. The number of hydrogen-bond acceptors (Lipinski definition) is 0. The molecule has 0 bridgehead atoms. The van der Waals surface area contributed by atoms with E-state index in [1.165, 1.54) is 15.6 Å². The molecule has 1 rings (SSSR count). The molecular formula is C10H11Br. The van der Waals surface area contributed by atoms with Crippen LogP contribution in [0.15, 0.2) is 35.3 Å². The number of benzene rings is 1. The Morgan fingerprint density at radius 3 is 2.91 bits per heavy atom. The Kier molecular flexibility index (Phi) is 2.89. The van der Waals surface area contributed by atoms with Crippen molar-refractivity contribution in [3.63, 3.8) is 0 Å². The molecule has 0 saturated heterocycles. The van der Waals surface area contributed by atoms with Gasteiger partial charge in [-0.3, -0.25) is 0 Å². The standard InChI is InChI=1S/C10H11Br/c1-3-5-9-6-4-7-10(11)8(9)2/h3-4,6-7H,1,5H2,2H3. The smallest absolute Gasteiger partial charge is 0.0207 e. The van der Waals surface area contributed by atoms with Crippen LogP contribution in [0.3, 0.4) is 0 Å². The highest BCUT2D eigenvalue weighted by atomic mass is 79.9. The summed E-state index contributed by atoms with van der Waals surface area (Å²) in [6.07, 6.45) is 2.88. The van der Waals surface area contributed by atoms with E-state index in [0.717, 1.165) is 6.42 Å². The third kappa shape index (κ3) is 1.93. The molecule has 0 aliphatic rings. The molecule has 0 aromatic heterocycles. The van der Waals surface area contributed by atoms with E-state index in [0.29, 0.717) is 0 Å². The fourth-order valence-electron chi connectivity index (χ4n) is 1.03. The Morgan fingerprint density at radius 1 is 1.55 bits per heavy atom. The Labute approximate surface area is 76.1 Å². The van der Waals surface area contributed by atoms with E-state index in [2.05, 4.69) is 47.6 Å². The lowest BCUT2D eigenvalue weighted by molar-refractivity contribution is 1.21. The maximum absolute atomic E-state index is 3.71. The second kappa shape index (κ2) is 3.72. The summed E-state index contributed by atoms with van der Waals surface area (Å²) in [6, 6.07) is 6.24. The van der Waals surface area contributed by atoms with E-state index in [4.69, 9.17) is 0 Å². The summed E-state index contributed by atoms with van der Waals surface area (Å²) >= 11 is 3.48. The van der Waals surface area contributed by atoms with Crippen molar-refractivity contribution in [1.82, 2.24) is 0 Å². The summed E-state index contributed by atoms with van der Waals surface area (Å²) in [6.45, 7) is 5.83. The summed E-state index contributed by atoms with van der Waals surface area (Å²) in [4.78, 5) is 0. The van der Waals surface area contributed by atoms with Gasteiger partial charge in [-0.1, -0.05) is 34.1 Å². The van der Waals surface area contributed by atoms with Gasteiger partial charge in [0.1, 0.15) is 0 Å². The number of allylic oxidation sites excluding steroid dienone is 1. The summed E-state index contributed by atoms with van der Waals surface area (Å²) in [7, 11) is 0. The highest BCUT2D eigenvalue weighted by Crippen LogP contribution is 2.19. The average molecular weight is 211 g/mol. The second-order valence-corrected chi connectivity index (χ2v) is 3.37. The zero-order valence-corrected chi connectivity index (χ0v) is 8.19. The molecule has 1 heteroatoms. The lowest BCUT2D eigenvalue weighted by Crippen LogP contribution is -1.86. The van der Waals surface area contributed by atoms with Crippen molar-refractivity contribution < 1.29 is 0 Å². The Bertz CT molecular complexity index is 264. The van der Waals surface area contributed by atoms with Crippen LogP contribution in [-0.2, 0) is 6.42 Å². The molecule has 0 amide bonds. The molecular weight excluding hydrogens is 200 g/mol. The Hall–Kier alpha value is -0.560. The minimum atomic E-state index is 0.950. The maximum Gasteiger partial charge on any atom is 0.0207 e. The van der Waals surface area contributed by atoms with Gasteiger partial charge in [0.25, 0.3) is 0 Å². The second-order valence-electron chi connectivity index (χ2n) is 2.52. The lowest BCUT2D eigenvalue weighted by atomic mass is 10.1. The summed E-state index contributed by atoms with van der Waals surface area (Å²) in [5, 5.41) is 0. The van der Waals surface area contributed by atoms with Crippen LogP contribution in [0.1, 0.15) is 11.1 Å². The van der Waals surface area contributed by atoms with Gasteiger partial charge in [-0.25, -0.2) is 0 Å². The SMILES string of the molecule is C=CCc1cccc(Br)c1C. The van der Waals surface area contributed by atoms with Crippen molar-refractivity contribution in [3.8, 4) is 0 Å². The van der Waals surface area contributed by atoms with Crippen LogP contribution in [0.2, 0.25) is 0 Å². The maximum atomic E-state index is 3.71. The molecule has 1 aromatic carbocycles. The quantitative estimate of drug-likeness (QED) is 0.657. The van der Waals surface area contributed by atoms with Crippen LogP contribution in [0, 0.1) is 6.92 Å². The predicted octanol–water partition coefficient (Wildman–Crippen LogP) is 3.49. The topological polar surface area (TPSA) is 0 Å². The molecule has 0 unspecified atom stereocenters. The van der Waals surface area contributed by atoms with Crippen molar-refractivity contribution in [2.75, 3.05) is 0 Å². The molecule has 0 aliphatic carbocycles. The molecule has 0 radical (unpaired) electrons. The fourth-order valence-corrected chi connectivity index (χ4v) is 1.44. The Morgan fingerprint density at radius 2 is 2.27 bits per heavy atom. The Balaban J connectivity index is 3.05. The highest BCUT2D eigenvalue weighted by Gasteiger charge is 1.97. The largest absolute Gasteiger partial charge is 0.103 e. The lowest BCUT2D eigenvalue weighted by Gasteiger charge is -2.03. The van der Waals surface area contributed by atoms with Crippen molar-refractivity contribution in [2.45, 2.75) is 13.3 Å². The van der Waals surface area contributed by atoms with Gasteiger partial charge in [-0.15, -0.1) is 6.58 Å². The molecule has 0 nitrogen and oxygen atoms in total. The van der Waals surface area contributed by atoms with E-state index in [9.17, 15) is 0 Å².